The van der Waals surface area contributed by atoms with Crippen molar-refractivity contribution < 1.29 is 9.90 Å². The lowest BCUT2D eigenvalue weighted by atomic mass is 10.1. The van der Waals surface area contributed by atoms with Crippen LogP contribution in [0.4, 0.5) is 11.4 Å². The van der Waals surface area contributed by atoms with Crippen LogP contribution in [0.5, 0.6) is 5.88 Å². The van der Waals surface area contributed by atoms with Crippen LogP contribution in [0.1, 0.15) is 16.0 Å². The molecule has 0 unspecified atom stereocenters. The number of anilines is 1. The standard InChI is InChI=1S/C21H17N3O2S2/c1-13-5-4-6-15(9-13)23-19(25)12-24-20(26)18(28-21(24)27)10-14-11-22-17-8-3-2-7-16(14)17/h2-11,26H,12H2,1H3,(H,23,25)/b14-10+. The van der Waals surface area contributed by atoms with E-state index in [1.54, 1.807) is 6.21 Å². The molecule has 0 fully saturated rings. The summed E-state index contributed by atoms with van der Waals surface area (Å²) < 4.78 is 1.88. The average Bonchev–Trinajstić information content (AvgIpc) is 3.18. The molecule has 1 amide bonds. The Balaban J connectivity index is 1.57. The van der Waals surface area contributed by atoms with Gasteiger partial charge >= 0.3 is 0 Å². The molecule has 140 valence electrons. The van der Waals surface area contributed by atoms with E-state index in [-0.39, 0.29) is 18.3 Å². The zero-order valence-electron chi connectivity index (χ0n) is 15.0. The monoisotopic (exact) mass is 407 g/mol. The second-order valence-electron chi connectivity index (χ2n) is 6.43. The number of aromatic nitrogens is 1. The topological polar surface area (TPSA) is 66.6 Å². The molecule has 1 aromatic heterocycles. The molecule has 7 heteroatoms. The SMILES string of the molecule is Cc1cccc(NC(=O)Cn2c(O)c(/C=C3\C=Nc4ccccc43)sc2=S)c1. The number of hydrogen-bond acceptors (Lipinski definition) is 5. The summed E-state index contributed by atoms with van der Waals surface area (Å²) in [5.41, 5.74) is 4.57. The van der Waals surface area contributed by atoms with Crippen molar-refractivity contribution in [1.82, 2.24) is 4.57 Å². The largest absolute Gasteiger partial charge is 0.493 e. The Morgan fingerprint density at radius 1 is 1.29 bits per heavy atom. The molecule has 0 saturated heterocycles. The molecule has 28 heavy (non-hydrogen) atoms. The third-order valence-corrected chi connectivity index (χ3v) is 5.73. The molecule has 5 nitrogen and oxygen atoms in total. The van der Waals surface area contributed by atoms with Crippen molar-refractivity contribution >= 4 is 58.7 Å². The molecule has 0 aliphatic carbocycles. The Morgan fingerprint density at radius 3 is 2.93 bits per heavy atom. The highest BCUT2D eigenvalue weighted by Crippen LogP contribution is 2.35. The highest BCUT2D eigenvalue weighted by molar-refractivity contribution is 7.73. The van der Waals surface area contributed by atoms with Crippen LogP contribution in [0.15, 0.2) is 53.5 Å². The number of para-hydroxylation sites is 1. The number of nitrogens with zero attached hydrogens (tertiary/aromatic N) is 2. The van der Waals surface area contributed by atoms with Crippen molar-refractivity contribution in [2.75, 3.05) is 5.32 Å². The van der Waals surface area contributed by atoms with E-state index < -0.39 is 0 Å². The van der Waals surface area contributed by atoms with Gasteiger partial charge in [0.25, 0.3) is 0 Å². The van der Waals surface area contributed by atoms with Gasteiger partial charge < -0.3 is 10.4 Å². The minimum absolute atomic E-state index is 0.0142. The first-order chi connectivity index (χ1) is 13.5. The number of amides is 1. The zero-order chi connectivity index (χ0) is 19.7. The van der Waals surface area contributed by atoms with Crippen molar-refractivity contribution in [3.8, 4) is 5.88 Å². The van der Waals surface area contributed by atoms with Crippen LogP contribution in [0.3, 0.4) is 0 Å². The van der Waals surface area contributed by atoms with Gasteiger partial charge in [-0.1, -0.05) is 30.3 Å². The summed E-state index contributed by atoms with van der Waals surface area (Å²) >= 11 is 6.62. The summed E-state index contributed by atoms with van der Waals surface area (Å²) in [5, 5.41) is 13.4. The second-order valence-corrected chi connectivity index (χ2v) is 8.11. The molecule has 4 rings (SSSR count). The van der Waals surface area contributed by atoms with E-state index in [0.29, 0.717) is 14.5 Å². The van der Waals surface area contributed by atoms with Crippen molar-refractivity contribution in [3.05, 3.63) is 68.5 Å². The molecule has 1 aliphatic heterocycles. The molecule has 2 heterocycles. The Kier molecular flexibility index (Phi) is 4.93. The summed E-state index contributed by atoms with van der Waals surface area (Å²) in [7, 11) is 0. The number of nitrogens with one attached hydrogen (secondary N) is 1. The molecule has 0 radical (unpaired) electrons. The summed E-state index contributed by atoms with van der Waals surface area (Å²) in [4.78, 5) is 17.4. The van der Waals surface area contributed by atoms with Crippen molar-refractivity contribution in [2.24, 2.45) is 4.99 Å². The van der Waals surface area contributed by atoms with Crippen molar-refractivity contribution in [2.45, 2.75) is 13.5 Å². The Hall–Kier alpha value is -3.03. The Labute approximate surface area is 171 Å². The van der Waals surface area contributed by atoms with Gasteiger partial charge in [-0.25, -0.2) is 0 Å². The van der Waals surface area contributed by atoms with Crippen LogP contribution in [0.2, 0.25) is 0 Å². The van der Waals surface area contributed by atoms with Crippen molar-refractivity contribution in [1.29, 1.82) is 0 Å². The number of allylic oxidation sites excluding steroid dienone is 1. The fourth-order valence-corrected chi connectivity index (χ4v) is 4.27. The molecular weight excluding hydrogens is 390 g/mol. The summed E-state index contributed by atoms with van der Waals surface area (Å²) in [5.74, 6) is -0.263. The second kappa shape index (κ2) is 7.53. The van der Waals surface area contributed by atoms with E-state index in [4.69, 9.17) is 12.2 Å². The lowest BCUT2D eigenvalue weighted by Crippen LogP contribution is -2.18. The summed E-state index contributed by atoms with van der Waals surface area (Å²) in [6, 6.07) is 15.4. The molecular formula is C21H17N3O2S2. The highest BCUT2D eigenvalue weighted by atomic mass is 32.1. The molecule has 2 aromatic carbocycles. The van der Waals surface area contributed by atoms with E-state index in [0.717, 1.165) is 22.4 Å². The number of hydrogen-bond donors (Lipinski definition) is 2. The number of carbonyl (C=O) groups is 1. The molecule has 0 bridgehead atoms. The maximum absolute atomic E-state index is 12.4. The lowest BCUT2D eigenvalue weighted by molar-refractivity contribution is -0.116. The molecule has 3 aromatic rings. The predicted molar refractivity (Wildman–Crippen MR) is 117 cm³/mol. The minimum atomic E-state index is -0.248. The van der Waals surface area contributed by atoms with Gasteiger partial charge in [0, 0.05) is 23.0 Å². The van der Waals surface area contributed by atoms with Gasteiger partial charge in [-0.3, -0.25) is 14.4 Å². The van der Waals surface area contributed by atoms with Crippen LogP contribution < -0.4 is 5.32 Å². The number of rotatable bonds is 4. The molecule has 0 spiro atoms. The summed E-state index contributed by atoms with van der Waals surface area (Å²) in [6.45, 7) is 1.91. The number of thiazole rings is 1. The third-order valence-electron chi connectivity index (χ3n) is 4.34. The minimum Gasteiger partial charge on any atom is -0.493 e. The quantitative estimate of drug-likeness (QED) is 0.585. The molecule has 1 aliphatic rings. The fraction of sp³-hybridized carbons (Fsp3) is 0.0952. The number of aryl methyl sites for hydroxylation is 1. The van der Waals surface area contributed by atoms with E-state index >= 15 is 0 Å². The first kappa shape index (κ1) is 18.3. The van der Waals surface area contributed by atoms with Crippen LogP contribution >= 0.6 is 23.6 Å². The fourth-order valence-electron chi connectivity index (χ4n) is 3.01. The lowest BCUT2D eigenvalue weighted by Gasteiger charge is -2.07. The summed E-state index contributed by atoms with van der Waals surface area (Å²) in [6.07, 6.45) is 3.61. The van der Waals surface area contributed by atoms with Crippen LogP contribution in [0, 0.1) is 10.9 Å². The molecule has 0 saturated carbocycles. The Bertz CT molecular complexity index is 1190. The maximum atomic E-state index is 12.4. The van der Waals surface area contributed by atoms with Crippen LogP contribution in [-0.2, 0) is 11.3 Å². The van der Waals surface area contributed by atoms with Crippen LogP contribution in [0.25, 0.3) is 11.6 Å². The maximum Gasteiger partial charge on any atom is 0.244 e. The number of carbonyl (C=O) groups excluding carboxylic acids is 1. The van der Waals surface area contributed by atoms with E-state index in [1.807, 2.05) is 61.5 Å². The average molecular weight is 408 g/mol. The number of benzene rings is 2. The highest BCUT2D eigenvalue weighted by Gasteiger charge is 2.16. The van der Waals surface area contributed by atoms with Crippen molar-refractivity contribution in [3.63, 3.8) is 0 Å². The number of fused-ring (bicyclic) bond motifs is 1. The van der Waals surface area contributed by atoms with E-state index in [1.165, 1.54) is 15.9 Å². The first-order valence-electron chi connectivity index (χ1n) is 8.65. The number of aromatic hydroxyl groups is 1. The zero-order valence-corrected chi connectivity index (χ0v) is 16.7. The molecule has 0 atom stereocenters. The van der Waals surface area contributed by atoms with Gasteiger partial charge in [0.15, 0.2) is 3.95 Å². The van der Waals surface area contributed by atoms with Gasteiger partial charge in [-0.15, -0.1) is 11.3 Å². The number of aliphatic imine (C=N–C) groups is 1. The van der Waals surface area contributed by atoms with Gasteiger partial charge in [0.1, 0.15) is 6.54 Å². The van der Waals surface area contributed by atoms with Gasteiger partial charge in [0.2, 0.25) is 11.8 Å². The van der Waals surface area contributed by atoms with Gasteiger partial charge in [-0.05, 0) is 49.0 Å². The molecule has 2 N–H and O–H groups in total. The Morgan fingerprint density at radius 2 is 2.11 bits per heavy atom. The van der Waals surface area contributed by atoms with E-state index in [2.05, 4.69) is 10.3 Å². The van der Waals surface area contributed by atoms with Crippen LogP contribution in [-0.4, -0.2) is 21.8 Å². The third kappa shape index (κ3) is 3.67. The van der Waals surface area contributed by atoms with E-state index in [9.17, 15) is 9.90 Å². The van der Waals surface area contributed by atoms with Gasteiger partial charge in [0.05, 0.1) is 10.6 Å². The van der Waals surface area contributed by atoms with Gasteiger partial charge in [-0.2, -0.15) is 0 Å². The smallest absolute Gasteiger partial charge is 0.244 e. The first-order valence-corrected chi connectivity index (χ1v) is 9.88. The normalized spacial score (nSPS) is 13.7. The predicted octanol–water partition coefficient (Wildman–Crippen LogP) is 5.19.